The lowest BCUT2D eigenvalue weighted by Crippen LogP contribution is -2.55. The van der Waals surface area contributed by atoms with Gasteiger partial charge in [0, 0.05) is 30.6 Å². The second kappa shape index (κ2) is 11.4. The van der Waals surface area contributed by atoms with Crippen molar-refractivity contribution in [3.05, 3.63) is 22.8 Å². The molecule has 0 radical (unpaired) electrons. The van der Waals surface area contributed by atoms with Crippen LogP contribution >= 0.6 is 0 Å². The van der Waals surface area contributed by atoms with Gasteiger partial charge in [-0.2, -0.15) is 0 Å². The summed E-state index contributed by atoms with van der Waals surface area (Å²) >= 11 is 0. The van der Waals surface area contributed by atoms with Crippen LogP contribution in [0.3, 0.4) is 0 Å². The number of carbonyl (C=O) groups excluding carboxylic acids is 2. The Balaban J connectivity index is 1.34. The summed E-state index contributed by atoms with van der Waals surface area (Å²) in [5.74, 6) is 0.309. The number of fused-ring (bicyclic) bond motifs is 3. The minimum atomic E-state index is -1.31. The Morgan fingerprint density at radius 2 is 1.79 bits per heavy atom. The fourth-order valence-corrected chi connectivity index (χ4v) is 9.83. The molecule has 5 aliphatic rings. The normalized spacial score (nSPS) is 42.0. The Bertz CT molecular complexity index is 1180. The Morgan fingerprint density at radius 3 is 2.47 bits per heavy atom. The molecule has 4 N–H and O–H groups in total. The van der Waals surface area contributed by atoms with Crippen LogP contribution in [-0.4, -0.2) is 74.9 Å². The highest BCUT2D eigenvalue weighted by atomic mass is 16.7. The van der Waals surface area contributed by atoms with Crippen LogP contribution in [0.4, 0.5) is 0 Å². The molecule has 242 valence electrons. The maximum absolute atomic E-state index is 13.8. The van der Waals surface area contributed by atoms with Crippen molar-refractivity contribution in [2.75, 3.05) is 6.61 Å². The zero-order valence-corrected chi connectivity index (χ0v) is 27.2. The topological polar surface area (TPSA) is 134 Å². The molecule has 1 heterocycles. The monoisotopic (exact) mass is 602 g/mol. The Morgan fingerprint density at radius 1 is 1.09 bits per heavy atom. The summed E-state index contributed by atoms with van der Waals surface area (Å²) in [5, 5.41) is 40.7. The molecule has 0 unspecified atom stereocenters. The third-order valence-corrected chi connectivity index (χ3v) is 12.2. The molecule has 2 fully saturated rings. The second-order valence-electron chi connectivity index (χ2n) is 16.1. The lowest BCUT2D eigenvalue weighted by molar-refractivity contribution is -0.291. The van der Waals surface area contributed by atoms with Crippen LogP contribution in [0.2, 0.25) is 0 Å². The van der Waals surface area contributed by atoms with E-state index in [1.165, 1.54) is 16.7 Å². The van der Waals surface area contributed by atoms with E-state index in [-0.39, 0.29) is 64.7 Å². The highest BCUT2D eigenvalue weighted by molar-refractivity contribution is 5.87. The van der Waals surface area contributed by atoms with Crippen molar-refractivity contribution in [2.24, 2.45) is 34.0 Å². The molecular weight excluding hydrogens is 548 g/mol. The summed E-state index contributed by atoms with van der Waals surface area (Å²) in [7, 11) is 0. The molecule has 0 aromatic carbocycles. The molecular formula is C35H54O8. The van der Waals surface area contributed by atoms with Crippen LogP contribution < -0.4 is 0 Å². The molecule has 0 aromatic heterocycles. The lowest BCUT2D eigenvalue weighted by atomic mass is 9.51. The first-order chi connectivity index (χ1) is 19.9. The fourth-order valence-electron chi connectivity index (χ4n) is 9.83. The lowest BCUT2D eigenvalue weighted by Gasteiger charge is -2.53. The number of carbonyl (C=O) groups is 2. The van der Waals surface area contributed by atoms with E-state index in [0.717, 1.165) is 38.5 Å². The third-order valence-electron chi connectivity index (χ3n) is 12.2. The van der Waals surface area contributed by atoms with E-state index in [0.29, 0.717) is 12.8 Å². The molecule has 0 spiro atoms. The fraction of sp³-hybridized carbons (Fsp3) is 0.829. The van der Waals surface area contributed by atoms with Crippen LogP contribution in [0, 0.1) is 34.0 Å². The third kappa shape index (κ3) is 5.74. The van der Waals surface area contributed by atoms with Crippen molar-refractivity contribution in [3.63, 3.8) is 0 Å². The first-order valence-electron chi connectivity index (χ1n) is 16.4. The summed E-state index contributed by atoms with van der Waals surface area (Å²) in [4.78, 5) is 26.6. The van der Waals surface area contributed by atoms with E-state index in [9.17, 15) is 30.0 Å². The zero-order chi connectivity index (χ0) is 31.7. The number of ketones is 2. The van der Waals surface area contributed by atoms with Gasteiger partial charge in [-0.3, -0.25) is 9.59 Å². The molecule has 5 rings (SSSR count). The van der Waals surface area contributed by atoms with Gasteiger partial charge < -0.3 is 29.9 Å². The number of aliphatic hydroxyl groups excluding tert-OH is 3. The maximum atomic E-state index is 13.8. The first kappa shape index (κ1) is 33.0. The van der Waals surface area contributed by atoms with Crippen molar-refractivity contribution in [1.82, 2.24) is 0 Å². The quantitative estimate of drug-likeness (QED) is 0.315. The van der Waals surface area contributed by atoms with Crippen molar-refractivity contribution in [3.8, 4) is 0 Å². The zero-order valence-electron chi connectivity index (χ0n) is 27.2. The number of rotatable bonds is 7. The van der Waals surface area contributed by atoms with Crippen LogP contribution in [0.15, 0.2) is 22.8 Å². The van der Waals surface area contributed by atoms with E-state index in [1.54, 1.807) is 13.8 Å². The standard InChI is InChI=1S/C35H54O8/c1-19(14-22(36)16-32(2,3)41)28-25(37)17-35(7)24-10-9-23-20(15-21(24)12-13-34(28,35)6)8-11-27(33(23,4)5)43-31-30(40)29(39)26(38)18-42-31/h12,19,24,26-31,38-41H,8-11,13-18H2,1-7H3/t19-,24-,26+,27+,28+,29+,30-,31+,34-,35+/m1/s1. The van der Waals surface area contributed by atoms with Crippen molar-refractivity contribution in [1.29, 1.82) is 0 Å². The molecule has 0 bridgehead atoms. The van der Waals surface area contributed by atoms with Gasteiger partial charge in [0.1, 0.15) is 29.9 Å². The molecule has 8 heteroatoms. The minimum Gasteiger partial charge on any atom is -0.390 e. The van der Waals surface area contributed by atoms with Gasteiger partial charge in [0.15, 0.2) is 6.29 Å². The summed E-state index contributed by atoms with van der Waals surface area (Å²) in [6, 6.07) is 0. The van der Waals surface area contributed by atoms with Gasteiger partial charge in [0.2, 0.25) is 0 Å². The Labute approximate surface area is 256 Å². The molecule has 43 heavy (non-hydrogen) atoms. The molecule has 0 amide bonds. The minimum absolute atomic E-state index is 0.0132. The number of aliphatic hydroxyl groups is 4. The van der Waals surface area contributed by atoms with Gasteiger partial charge >= 0.3 is 0 Å². The van der Waals surface area contributed by atoms with Gasteiger partial charge in [0.25, 0.3) is 0 Å². The number of hydrogen-bond acceptors (Lipinski definition) is 8. The highest BCUT2D eigenvalue weighted by Crippen LogP contribution is 2.68. The van der Waals surface area contributed by atoms with Gasteiger partial charge in [-0.1, -0.05) is 57.4 Å². The molecule has 1 saturated heterocycles. The second-order valence-corrected chi connectivity index (χ2v) is 16.1. The summed E-state index contributed by atoms with van der Waals surface area (Å²) in [5.41, 5.74) is 2.51. The number of allylic oxidation sites excluding steroid dienone is 3. The largest absolute Gasteiger partial charge is 0.390 e. The maximum Gasteiger partial charge on any atom is 0.186 e. The molecule has 10 atom stereocenters. The van der Waals surface area contributed by atoms with E-state index in [2.05, 4.69) is 33.8 Å². The van der Waals surface area contributed by atoms with Gasteiger partial charge in [0.05, 0.1) is 18.3 Å². The SMILES string of the molecule is C[C@H](CC(=O)CC(C)(C)O)[C@H]1C(=O)C[C@@]2(C)[C@@H]3CCC4=C(CC[C@H](O[C@@H]5OC[C@H](O)[C@H](O)[C@H]5O)C4(C)C)CC3=CC[C@]12C. The van der Waals surface area contributed by atoms with E-state index in [1.807, 2.05) is 6.92 Å². The van der Waals surface area contributed by atoms with Crippen molar-refractivity contribution in [2.45, 2.75) is 143 Å². The average molecular weight is 603 g/mol. The van der Waals surface area contributed by atoms with E-state index >= 15 is 0 Å². The Kier molecular flexibility index (Phi) is 8.76. The van der Waals surface area contributed by atoms with Crippen LogP contribution in [-0.2, 0) is 19.1 Å². The molecule has 0 aromatic rings. The molecule has 4 aliphatic carbocycles. The predicted molar refractivity (Wildman–Crippen MR) is 162 cm³/mol. The van der Waals surface area contributed by atoms with Gasteiger partial charge in [-0.25, -0.2) is 0 Å². The first-order valence-corrected chi connectivity index (χ1v) is 16.4. The van der Waals surface area contributed by atoms with E-state index in [4.69, 9.17) is 9.47 Å². The highest BCUT2D eigenvalue weighted by Gasteiger charge is 2.64. The molecule has 1 aliphatic heterocycles. The summed E-state index contributed by atoms with van der Waals surface area (Å²) in [6.45, 7) is 14.3. The molecule has 8 nitrogen and oxygen atoms in total. The van der Waals surface area contributed by atoms with Crippen molar-refractivity contribution >= 4 is 11.6 Å². The average Bonchev–Trinajstić information content (AvgIpc) is 2.99. The van der Waals surface area contributed by atoms with E-state index < -0.39 is 30.2 Å². The number of hydrogen-bond donors (Lipinski definition) is 4. The van der Waals surface area contributed by atoms with Crippen molar-refractivity contribution < 1.29 is 39.5 Å². The van der Waals surface area contributed by atoms with Gasteiger partial charge in [-0.05, 0) is 75.0 Å². The number of ether oxygens (including phenoxy) is 2. The summed E-state index contributed by atoms with van der Waals surface area (Å²) in [6.07, 6.45) is 3.69. The Hall–Kier alpha value is -1.42. The van der Waals surface area contributed by atoms with Crippen LogP contribution in [0.1, 0.15) is 106 Å². The van der Waals surface area contributed by atoms with Gasteiger partial charge in [-0.15, -0.1) is 0 Å². The van der Waals surface area contributed by atoms with Crippen LogP contribution in [0.5, 0.6) is 0 Å². The predicted octanol–water partition coefficient (Wildman–Crippen LogP) is 4.42. The number of Topliss-reactive ketones (excluding diaryl/α,β-unsaturated/α-hetero) is 2. The molecule has 1 saturated carbocycles. The van der Waals surface area contributed by atoms with Crippen LogP contribution in [0.25, 0.3) is 0 Å². The summed E-state index contributed by atoms with van der Waals surface area (Å²) < 4.78 is 11.9. The smallest absolute Gasteiger partial charge is 0.186 e.